The van der Waals surface area contributed by atoms with Crippen LogP contribution in [0.15, 0.2) is 33.6 Å². The van der Waals surface area contributed by atoms with Crippen LogP contribution in [0.2, 0.25) is 0 Å². The molecule has 1 N–H and O–H groups in total. The first-order valence-corrected chi connectivity index (χ1v) is 9.01. The Labute approximate surface area is 139 Å². The zero-order valence-corrected chi connectivity index (χ0v) is 14.8. The van der Waals surface area contributed by atoms with Gasteiger partial charge >= 0.3 is 0 Å². The Morgan fingerprint density at radius 3 is 2.38 bits per heavy atom. The maximum Gasteiger partial charge on any atom is 0.238 e. The summed E-state index contributed by atoms with van der Waals surface area (Å²) in [4.78, 5) is 16.1. The topological polar surface area (TPSA) is 32.3 Å². The first-order valence-electron chi connectivity index (χ1n) is 7.40. The zero-order valence-electron chi connectivity index (χ0n) is 12.4. The first kappa shape index (κ1) is 15.4. The van der Waals surface area contributed by atoms with Crippen LogP contribution in [0.25, 0.3) is 0 Å². The number of nitrogens with zero attached hydrogens (tertiary/aromatic N) is 1. The normalized spacial score (nSPS) is 25.2. The van der Waals surface area contributed by atoms with Crippen LogP contribution in [0.5, 0.6) is 0 Å². The predicted molar refractivity (Wildman–Crippen MR) is 90.5 cm³/mol. The molecule has 2 aliphatic rings. The lowest BCUT2D eigenvalue weighted by Crippen LogP contribution is -2.43. The smallest absolute Gasteiger partial charge is 0.238 e. The lowest BCUT2D eigenvalue weighted by Gasteiger charge is -2.29. The Morgan fingerprint density at radius 2 is 1.81 bits per heavy atom. The standard InChI is InChI=1S/C16H21BrN2OS/c1-16(2,21-14-5-3-13(17)4-6-14)15(20)19-9-11-7-18-8-12(11)10-19/h3-6,11-12,18H,7-10H2,1-2H3/t11-,12+. The largest absolute Gasteiger partial charge is 0.341 e. The van der Waals surface area contributed by atoms with E-state index in [-0.39, 0.29) is 5.91 Å². The summed E-state index contributed by atoms with van der Waals surface area (Å²) >= 11 is 5.10. The molecule has 2 fully saturated rings. The average molecular weight is 369 g/mol. The fourth-order valence-corrected chi connectivity index (χ4v) is 4.59. The van der Waals surface area contributed by atoms with Gasteiger partial charge in [0.1, 0.15) is 0 Å². The summed E-state index contributed by atoms with van der Waals surface area (Å²) in [6, 6.07) is 8.17. The highest BCUT2D eigenvalue weighted by Gasteiger charge is 2.42. The molecule has 2 aliphatic heterocycles. The van der Waals surface area contributed by atoms with Gasteiger partial charge in [-0.2, -0.15) is 0 Å². The van der Waals surface area contributed by atoms with Gasteiger partial charge in [-0.1, -0.05) is 15.9 Å². The number of amides is 1. The van der Waals surface area contributed by atoms with E-state index in [2.05, 4.69) is 38.3 Å². The number of carbonyl (C=O) groups is 1. The third-order valence-electron chi connectivity index (χ3n) is 4.38. The molecule has 2 saturated heterocycles. The van der Waals surface area contributed by atoms with Gasteiger partial charge in [-0.25, -0.2) is 0 Å². The van der Waals surface area contributed by atoms with Crippen molar-refractivity contribution in [3.63, 3.8) is 0 Å². The molecule has 114 valence electrons. The number of hydrogen-bond donors (Lipinski definition) is 1. The molecule has 2 heterocycles. The molecule has 3 nitrogen and oxygen atoms in total. The van der Waals surface area contributed by atoms with Crippen LogP contribution < -0.4 is 5.32 Å². The van der Waals surface area contributed by atoms with Crippen LogP contribution in [0.3, 0.4) is 0 Å². The number of thioether (sulfide) groups is 1. The first-order chi connectivity index (χ1) is 9.95. The monoisotopic (exact) mass is 368 g/mol. The summed E-state index contributed by atoms with van der Waals surface area (Å²) in [5, 5.41) is 3.42. The molecule has 0 unspecified atom stereocenters. The van der Waals surface area contributed by atoms with Gasteiger partial charge in [-0.15, -0.1) is 11.8 Å². The number of likely N-dealkylation sites (tertiary alicyclic amines) is 1. The molecule has 5 heteroatoms. The van der Waals surface area contributed by atoms with Crippen LogP contribution in [0.4, 0.5) is 0 Å². The third kappa shape index (κ3) is 3.30. The molecule has 1 aromatic carbocycles. The zero-order chi connectivity index (χ0) is 15.0. The van der Waals surface area contributed by atoms with E-state index in [1.165, 1.54) is 0 Å². The molecule has 0 spiro atoms. The van der Waals surface area contributed by atoms with Gasteiger partial charge in [0.2, 0.25) is 5.91 Å². The van der Waals surface area contributed by atoms with Crippen molar-refractivity contribution >= 4 is 33.6 Å². The van der Waals surface area contributed by atoms with Crippen molar-refractivity contribution < 1.29 is 4.79 Å². The molecule has 21 heavy (non-hydrogen) atoms. The van der Waals surface area contributed by atoms with Crippen molar-refractivity contribution in [2.45, 2.75) is 23.5 Å². The lowest BCUT2D eigenvalue weighted by atomic mass is 10.0. The highest BCUT2D eigenvalue weighted by Crippen LogP contribution is 2.37. The summed E-state index contributed by atoms with van der Waals surface area (Å²) in [6.07, 6.45) is 0. The molecule has 0 aromatic heterocycles. The van der Waals surface area contributed by atoms with Gasteiger partial charge in [0.05, 0.1) is 4.75 Å². The lowest BCUT2D eigenvalue weighted by molar-refractivity contribution is -0.132. The molecule has 0 aliphatic carbocycles. The Hall–Kier alpha value is -0.520. The molecule has 0 saturated carbocycles. The number of nitrogens with one attached hydrogen (secondary N) is 1. The molecule has 2 atom stereocenters. The van der Waals surface area contributed by atoms with E-state index in [4.69, 9.17) is 0 Å². The van der Waals surface area contributed by atoms with Crippen LogP contribution in [0.1, 0.15) is 13.8 Å². The van der Waals surface area contributed by atoms with Gasteiger partial charge in [-0.05, 0) is 49.9 Å². The van der Waals surface area contributed by atoms with Crippen molar-refractivity contribution in [1.82, 2.24) is 10.2 Å². The van der Waals surface area contributed by atoms with E-state index in [0.29, 0.717) is 11.8 Å². The van der Waals surface area contributed by atoms with E-state index < -0.39 is 4.75 Å². The second-order valence-electron chi connectivity index (χ2n) is 6.45. The Kier molecular flexibility index (Phi) is 4.35. The SMILES string of the molecule is CC(C)(Sc1ccc(Br)cc1)C(=O)N1C[C@H]2CNC[C@H]2C1. The fraction of sp³-hybridized carbons (Fsp3) is 0.562. The minimum atomic E-state index is -0.417. The van der Waals surface area contributed by atoms with Crippen LogP contribution in [-0.4, -0.2) is 41.7 Å². The molecule has 3 rings (SSSR count). The Bertz CT molecular complexity index is 520. The third-order valence-corrected chi connectivity index (χ3v) is 6.10. The summed E-state index contributed by atoms with van der Waals surface area (Å²) in [7, 11) is 0. The minimum absolute atomic E-state index is 0.268. The number of benzene rings is 1. The average Bonchev–Trinajstić information content (AvgIpc) is 3.01. The highest BCUT2D eigenvalue weighted by atomic mass is 79.9. The summed E-state index contributed by atoms with van der Waals surface area (Å²) in [5.41, 5.74) is 0. The van der Waals surface area contributed by atoms with Crippen molar-refractivity contribution in [2.24, 2.45) is 11.8 Å². The number of hydrogen-bond acceptors (Lipinski definition) is 3. The van der Waals surface area contributed by atoms with Crippen molar-refractivity contribution in [3.8, 4) is 0 Å². The van der Waals surface area contributed by atoms with Gasteiger partial charge in [-0.3, -0.25) is 4.79 Å². The number of carbonyl (C=O) groups excluding carboxylic acids is 1. The van der Waals surface area contributed by atoms with E-state index >= 15 is 0 Å². The summed E-state index contributed by atoms with van der Waals surface area (Å²) < 4.78 is 0.649. The van der Waals surface area contributed by atoms with Gasteiger partial charge in [0, 0.05) is 35.5 Å². The van der Waals surface area contributed by atoms with E-state index in [0.717, 1.165) is 35.5 Å². The molecular weight excluding hydrogens is 348 g/mol. The second-order valence-corrected chi connectivity index (χ2v) is 9.07. The van der Waals surface area contributed by atoms with Gasteiger partial charge < -0.3 is 10.2 Å². The van der Waals surface area contributed by atoms with Crippen molar-refractivity contribution in [2.75, 3.05) is 26.2 Å². The second kappa shape index (κ2) is 5.94. The molecule has 0 bridgehead atoms. The minimum Gasteiger partial charge on any atom is -0.341 e. The maximum absolute atomic E-state index is 12.8. The van der Waals surface area contributed by atoms with E-state index in [1.54, 1.807) is 11.8 Å². The van der Waals surface area contributed by atoms with Gasteiger partial charge in [0.15, 0.2) is 0 Å². The predicted octanol–water partition coefficient (Wildman–Crippen LogP) is 3.00. The quantitative estimate of drug-likeness (QED) is 0.832. The van der Waals surface area contributed by atoms with Crippen LogP contribution in [-0.2, 0) is 4.79 Å². The fourth-order valence-electron chi connectivity index (χ4n) is 3.24. The van der Waals surface area contributed by atoms with E-state index in [9.17, 15) is 4.79 Å². The molecule has 1 amide bonds. The molecule has 0 radical (unpaired) electrons. The summed E-state index contributed by atoms with van der Waals surface area (Å²) in [5.74, 6) is 1.58. The molecule has 1 aromatic rings. The number of halogens is 1. The van der Waals surface area contributed by atoms with E-state index in [1.807, 2.05) is 26.0 Å². The van der Waals surface area contributed by atoms with Crippen molar-refractivity contribution in [3.05, 3.63) is 28.7 Å². The maximum atomic E-state index is 12.8. The molecular formula is C16H21BrN2OS. The summed E-state index contributed by atoms with van der Waals surface area (Å²) in [6.45, 7) is 8.04. The van der Waals surface area contributed by atoms with Crippen LogP contribution in [0, 0.1) is 11.8 Å². The Morgan fingerprint density at radius 1 is 1.24 bits per heavy atom. The Balaban J connectivity index is 1.66. The van der Waals surface area contributed by atoms with Crippen molar-refractivity contribution in [1.29, 1.82) is 0 Å². The van der Waals surface area contributed by atoms with Crippen LogP contribution >= 0.6 is 27.7 Å². The number of fused-ring (bicyclic) bond motifs is 1. The number of rotatable bonds is 3. The van der Waals surface area contributed by atoms with Gasteiger partial charge in [0.25, 0.3) is 0 Å². The highest BCUT2D eigenvalue weighted by molar-refractivity contribution is 9.10.